The van der Waals surface area contributed by atoms with Crippen molar-refractivity contribution in [1.82, 2.24) is 29.2 Å². The molecule has 0 spiro atoms. The largest absolute Gasteiger partial charge is 0.368 e. The Bertz CT molecular complexity index is 1450. The highest BCUT2D eigenvalue weighted by molar-refractivity contribution is 5.87. The summed E-state index contributed by atoms with van der Waals surface area (Å²) in [5.74, 6) is 0.490. The fourth-order valence-corrected chi connectivity index (χ4v) is 5.40. The van der Waals surface area contributed by atoms with Crippen LogP contribution < -0.4 is 15.8 Å². The van der Waals surface area contributed by atoms with Gasteiger partial charge in [0.1, 0.15) is 5.65 Å². The molecule has 2 amide bonds. The van der Waals surface area contributed by atoms with E-state index in [9.17, 15) is 14.4 Å². The lowest BCUT2D eigenvalue weighted by atomic mass is 10.2. The molecule has 1 atom stereocenters. The number of hydrogen-bond acceptors (Lipinski definition) is 8. The normalized spacial score (nSPS) is 18.1. The van der Waals surface area contributed by atoms with Crippen LogP contribution in [-0.2, 0) is 16.1 Å². The molecule has 2 aromatic heterocycles. The van der Waals surface area contributed by atoms with Crippen LogP contribution in [0.1, 0.15) is 13.8 Å². The van der Waals surface area contributed by atoms with Crippen LogP contribution in [0.3, 0.4) is 0 Å². The molecule has 2 aliphatic heterocycles. The van der Waals surface area contributed by atoms with Gasteiger partial charge in [0.05, 0.1) is 0 Å². The van der Waals surface area contributed by atoms with E-state index < -0.39 is 0 Å². The first kappa shape index (κ1) is 27.3. The van der Waals surface area contributed by atoms with Crippen molar-refractivity contribution in [3.05, 3.63) is 65.6 Å². The summed E-state index contributed by atoms with van der Waals surface area (Å²) in [7, 11) is 0. The molecular weight excluding hydrogens is 508 g/mol. The minimum Gasteiger partial charge on any atom is -0.368 e. The number of rotatable bonds is 7. The van der Waals surface area contributed by atoms with Crippen molar-refractivity contribution in [3.8, 4) is 0 Å². The van der Waals surface area contributed by atoms with Gasteiger partial charge in [0.2, 0.25) is 17.8 Å². The van der Waals surface area contributed by atoms with Crippen molar-refractivity contribution < 1.29 is 9.59 Å². The molecule has 1 N–H and O–H groups in total. The minimum absolute atomic E-state index is 0.0457. The number of pyridine rings is 1. The Morgan fingerprint density at radius 1 is 1.00 bits per heavy atom. The highest BCUT2D eigenvalue weighted by atomic mass is 16.2. The molecule has 4 heterocycles. The summed E-state index contributed by atoms with van der Waals surface area (Å²) in [6.07, 6.45) is 3.09. The van der Waals surface area contributed by atoms with E-state index in [-0.39, 0.29) is 23.4 Å². The first-order chi connectivity index (χ1) is 19.3. The number of carbonyl (C=O) groups is 2. The van der Waals surface area contributed by atoms with Crippen molar-refractivity contribution in [2.24, 2.45) is 0 Å². The van der Waals surface area contributed by atoms with Gasteiger partial charge in [-0.15, -0.1) is 0 Å². The quantitative estimate of drug-likeness (QED) is 0.450. The number of nitrogens with zero attached hydrogens (tertiary/aromatic N) is 7. The Hall–Kier alpha value is -4.25. The Kier molecular flexibility index (Phi) is 8.11. The lowest BCUT2D eigenvalue weighted by Crippen LogP contribution is -2.54. The highest BCUT2D eigenvalue weighted by Gasteiger charge is 2.25. The number of fused-ring (bicyclic) bond motifs is 1. The maximum Gasteiger partial charge on any atom is 0.252 e. The number of amides is 2. The second kappa shape index (κ2) is 11.9. The lowest BCUT2D eigenvalue weighted by molar-refractivity contribution is -0.129. The maximum atomic E-state index is 12.9. The number of benzene rings is 1. The molecular formula is C29H36N8O3. The minimum atomic E-state index is -0.112. The zero-order valence-electron chi connectivity index (χ0n) is 23.1. The first-order valence-corrected chi connectivity index (χ1v) is 13.7. The molecule has 0 radical (unpaired) electrons. The summed E-state index contributed by atoms with van der Waals surface area (Å²) < 4.78 is 1.69. The van der Waals surface area contributed by atoms with Gasteiger partial charge in [-0.1, -0.05) is 6.58 Å². The van der Waals surface area contributed by atoms with Gasteiger partial charge < -0.3 is 20.0 Å². The summed E-state index contributed by atoms with van der Waals surface area (Å²) in [4.78, 5) is 53.8. The fraction of sp³-hybridized carbons (Fsp3) is 0.414. The van der Waals surface area contributed by atoms with E-state index in [0.717, 1.165) is 49.5 Å². The van der Waals surface area contributed by atoms with E-state index in [0.29, 0.717) is 37.8 Å². The molecule has 1 aromatic carbocycles. The average molecular weight is 545 g/mol. The molecule has 0 aliphatic carbocycles. The van der Waals surface area contributed by atoms with Gasteiger partial charge in [-0.05, 0) is 43.3 Å². The third-order valence-electron chi connectivity index (χ3n) is 7.80. The van der Waals surface area contributed by atoms with Gasteiger partial charge in [-0.2, -0.15) is 4.98 Å². The van der Waals surface area contributed by atoms with E-state index in [4.69, 9.17) is 4.98 Å². The molecule has 0 bridgehead atoms. The Morgan fingerprint density at radius 2 is 1.73 bits per heavy atom. The van der Waals surface area contributed by atoms with E-state index in [1.807, 2.05) is 34.1 Å². The number of hydrogen-bond donors (Lipinski definition) is 1. The van der Waals surface area contributed by atoms with Crippen molar-refractivity contribution >= 4 is 40.2 Å². The Morgan fingerprint density at radius 3 is 2.40 bits per heavy atom. The van der Waals surface area contributed by atoms with E-state index >= 15 is 0 Å². The highest BCUT2D eigenvalue weighted by Crippen LogP contribution is 2.22. The van der Waals surface area contributed by atoms with E-state index in [2.05, 4.69) is 33.6 Å². The SMILES string of the molecule is C=CC(=O)N1CCN(CCn2c(=O)ccc3cnc(Nc4ccc(N5CCN(C(C)=O)CC5)cc4)nc32)[C@@H](C)C1. The topological polar surface area (TPSA) is 107 Å². The van der Waals surface area contributed by atoms with Gasteiger partial charge in [-0.3, -0.25) is 23.9 Å². The summed E-state index contributed by atoms with van der Waals surface area (Å²) in [6.45, 7) is 13.5. The summed E-state index contributed by atoms with van der Waals surface area (Å²) >= 11 is 0. The fourth-order valence-electron chi connectivity index (χ4n) is 5.40. The molecule has 11 nitrogen and oxygen atoms in total. The molecule has 210 valence electrons. The van der Waals surface area contributed by atoms with E-state index in [1.165, 1.54) is 6.08 Å². The van der Waals surface area contributed by atoms with Gasteiger partial charge in [0.25, 0.3) is 5.56 Å². The van der Waals surface area contributed by atoms with Crippen molar-refractivity contribution in [1.29, 1.82) is 0 Å². The smallest absolute Gasteiger partial charge is 0.252 e. The Balaban J connectivity index is 1.26. The van der Waals surface area contributed by atoms with E-state index in [1.54, 1.807) is 29.8 Å². The van der Waals surface area contributed by atoms with Crippen LogP contribution in [0.25, 0.3) is 11.0 Å². The number of piperazine rings is 2. The predicted molar refractivity (Wildman–Crippen MR) is 156 cm³/mol. The van der Waals surface area contributed by atoms with Gasteiger partial charge in [0.15, 0.2) is 0 Å². The number of nitrogens with one attached hydrogen (secondary N) is 1. The molecule has 11 heteroatoms. The molecule has 0 unspecified atom stereocenters. The van der Waals surface area contributed by atoms with Crippen LogP contribution in [0.4, 0.5) is 17.3 Å². The van der Waals surface area contributed by atoms with Crippen LogP contribution in [0.5, 0.6) is 0 Å². The lowest BCUT2D eigenvalue weighted by Gasteiger charge is -2.39. The van der Waals surface area contributed by atoms with Crippen LogP contribution in [0, 0.1) is 0 Å². The number of aromatic nitrogens is 3. The summed E-state index contributed by atoms with van der Waals surface area (Å²) in [5.41, 5.74) is 2.42. The molecule has 2 saturated heterocycles. The molecule has 2 aliphatic rings. The van der Waals surface area contributed by atoms with Crippen LogP contribution >= 0.6 is 0 Å². The number of carbonyl (C=O) groups excluding carboxylic acids is 2. The zero-order valence-corrected chi connectivity index (χ0v) is 23.1. The second-order valence-corrected chi connectivity index (χ2v) is 10.3. The van der Waals surface area contributed by atoms with Gasteiger partial charge in [-0.25, -0.2) is 4.98 Å². The van der Waals surface area contributed by atoms with Crippen LogP contribution in [0.2, 0.25) is 0 Å². The van der Waals surface area contributed by atoms with Crippen molar-refractivity contribution in [2.75, 3.05) is 62.6 Å². The molecule has 40 heavy (non-hydrogen) atoms. The molecule has 2 fully saturated rings. The Labute approximate surface area is 233 Å². The summed E-state index contributed by atoms with van der Waals surface area (Å²) in [6, 6.07) is 11.5. The molecule has 5 rings (SSSR count). The van der Waals surface area contributed by atoms with Crippen molar-refractivity contribution in [3.63, 3.8) is 0 Å². The molecule has 3 aromatic rings. The standard InChI is InChI=1S/C29H36N8O3/c1-4-26(39)36-16-11-33(21(2)20-36)17-18-37-27(40)10-5-23-19-30-29(32-28(23)37)31-24-6-8-25(9-7-24)35-14-12-34(13-15-35)22(3)38/h4-10,19,21H,1,11-18,20H2,2-3H3,(H,30,31,32)/t21-/m0/s1. The zero-order chi connectivity index (χ0) is 28.2. The third kappa shape index (κ3) is 5.99. The number of anilines is 3. The van der Waals surface area contributed by atoms with Crippen molar-refractivity contribution in [2.45, 2.75) is 26.4 Å². The first-order valence-electron chi connectivity index (χ1n) is 13.7. The van der Waals surface area contributed by atoms with Crippen LogP contribution in [0.15, 0.2) is 60.0 Å². The molecule has 0 saturated carbocycles. The maximum absolute atomic E-state index is 12.9. The predicted octanol–water partition coefficient (Wildman–Crippen LogP) is 1.92. The van der Waals surface area contributed by atoms with Crippen LogP contribution in [-0.4, -0.2) is 99.4 Å². The van der Waals surface area contributed by atoms with Gasteiger partial charge >= 0.3 is 0 Å². The van der Waals surface area contributed by atoms with Gasteiger partial charge in [0, 0.05) is 101 Å². The third-order valence-corrected chi connectivity index (χ3v) is 7.80. The second-order valence-electron chi connectivity index (χ2n) is 10.3. The monoisotopic (exact) mass is 544 g/mol. The summed E-state index contributed by atoms with van der Waals surface area (Å²) in [5, 5.41) is 4.05. The average Bonchev–Trinajstić information content (AvgIpc) is 2.97.